The van der Waals surface area contributed by atoms with E-state index in [9.17, 15) is 4.79 Å². The molecule has 0 saturated heterocycles. The molecule has 110 valence electrons. The molecule has 0 fully saturated rings. The molecule has 2 rings (SSSR count). The molecule has 4 N–H and O–H groups in total. The van der Waals surface area contributed by atoms with E-state index >= 15 is 0 Å². The molecular weight excluding hydrogens is 272 g/mol. The minimum Gasteiger partial charge on any atom is -0.409 e. The van der Waals surface area contributed by atoms with Gasteiger partial charge in [-0.1, -0.05) is 40.6 Å². The SMILES string of the molecule is Cc1cc(CNC(=O)C(C(N)=NO)c2ccccc2)no1. The van der Waals surface area contributed by atoms with Gasteiger partial charge >= 0.3 is 0 Å². The van der Waals surface area contributed by atoms with Gasteiger partial charge in [0.05, 0.1) is 6.54 Å². The highest BCUT2D eigenvalue weighted by Crippen LogP contribution is 2.16. The van der Waals surface area contributed by atoms with Crippen LogP contribution in [0.1, 0.15) is 22.9 Å². The number of aromatic nitrogens is 1. The minimum atomic E-state index is -0.857. The van der Waals surface area contributed by atoms with Crippen molar-refractivity contribution in [2.45, 2.75) is 19.4 Å². The van der Waals surface area contributed by atoms with Gasteiger partial charge in [0.2, 0.25) is 5.91 Å². The Labute approximate surface area is 121 Å². The van der Waals surface area contributed by atoms with E-state index in [4.69, 9.17) is 15.5 Å². The molecule has 0 radical (unpaired) electrons. The number of nitrogens with two attached hydrogens (primary N) is 1. The summed E-state index contributed by atoms with van der Waals surface area (Å²) in [5.74, 6) is -0.744. The number of carbonyl (C=O) groups is 1. The van der Waals surface area contributed by atoms with Crippen LogP contribution in [0.25, 0.3) is 0 Å². The second-order valence-electron chi connectivity index (χ2n) is 4.52. The number of hydrogen-bond acceptors (Lipinski definition) is 5. The van der Waals surface area contributed by atoms with E-state index in [1.165, 1.54) is 0 Å². The third-order valence-electron chi connectivity index (χ3n) is 2.93. The fourth-order valence-corrected chi connectivity index (χ4v) is 1.94. The van der Waals surface area contributed by atoms with E-state index < -0.39 is 5.92 Å². The molecule has 21 heavy (non-hydrogen) atoms. The maximum atomic E-state index is 12.3. The highest BCUT2D eigenvalue weighted by molar-refractivity contribution is 6.07. The third-order valence-corrected chi connectivity index (χ3v) is 2.93. The molecule has 0 bridgehead atoms. The maximum Gasteiger partial charge on any atom is 0.235 e. The van der Waals surface area contributed by atoms with Crippen LogP contribution in [-0.4, -0.2) is 22.1 Å². The number of amides is 1. The van der Waals surface area contributed by atoms with Crippen molar-refractivity contribution in [1.29, 1.82) is 0 Å². The first-order valence-corrected chi connectivity index (χ1v) is 6.34. The molecule has 0 spiro atoms. The van der Waals surface area contributed by atoms with Gasteiger partial charge in [-0.2, -0.15) is 0 Å². The van der Waals surface area contributed by atoms with E-state index in [2.05, 4.69) is 15.6 Å². The summed E-state index contributed by atoms with van der Waals surface area (Å²) in [5.41, 5.74) is 6.87. The first kappa shape index (κ1) is 14.6. The van der Waals surface area contributed by atoms with Crippen LogP contribution in [-0.2, 0) is 11.3 Å². The number of nitrogens with one attached hydrogen (secondary N) is 1. The first-order valence-electron chi connectivity index (χ1n) is 6.34. The Morgan fingerprint density at radius 2 is 2.19 bits per heavy atom. The van der Waals surface area contributed by atoms with Gasteiger partial charge in [0.25, 0.3) is 0 Å². The van der Waals surface area contributed by atoms with Gasteiger partial charge in [-0.3, -0.25) is 4.79 Å². The van der Waals surface area contributed by atoms with E-state index in [-0.39, 0.29) is 18.3 Å². The Hall–Kier alpha value is -2.83. The predicted molar refractivity (Wildman–Crippen MR) is 75.7 cm³/mol. The van der Waals surface area contributed by atoms with Gasteiger partial charge in [0.1, 0.15) is 17.4 Å². The average molecular weight is 288 g/mol. The molecule has 0 aliphatic rings. The average Bonchev–Trinajstić information content (AvgIpc) is 2.92. The topological polar surface area (TPSA) is 114 Å². The summed E-state index contributed by atoms with van der Waals surface area (Å²) in [4.78, 5) is 12.3. The zero-order chi connectivity index (χ0) is 15.2. The highest BCUT2D eigenvalue weighted by atomic mass is 16.5. The molecule has 0 aliphatic carbocycles. The molecule has 7 heteroatoms. The second kappa shape index (κ2) is 6.56. The van der Waals surface area contributed by atoms with Gasteiger partial charge in [-0.05, 0) is 12.5 Å². The minimum absolute atomic E-state index is 0.171. The normalized spacial score (nSPS) is 12.9. The van der Waals surface area contributed by atoms with Crippen molar-refractivity contribution >= 4 is 11.7 Å². The van der Waals surface area contributed by atoms with Crippen molar-refractivity contribution in [2.24, 2.45) is 10.9 Å². The number of hydrogen-bond donors (Lipinski definition) is 3. The fraction of sp³-hybridized carbons (Fsp3) is 0.214. The van der Waals surface area contributed by atoms with Crippen LogP contribution in [0.15, 0.2) is 46.1 Å². The molecule has 0 aliphatic heterocycles. The Morgan fingerprint density at radius 1 is 1.48 bits per heavy atom. The van der Waals surface area contributed by atoms with E-state index in [1.807, 2.05) is 6.07 Å². The lowest BCUT2D eigenvalue weighted by atomic mass is 9.97. The number of nitrogens with zero attached hydrogens (tertiary/aromatic N) is 2. The fourth-order valence-electron chi connectivity index (χ4n) is 1.94. The number of amidine groups is 1. The van der Waals surface area contributed by atoms with Crippen LogP contribution in [0, 0.1) is 6.92 Å². The van der Waals surface area contributed by atoms with E-state index in [0.717, 1.165) is 0 Å². The molecule has 1 amide bonds. The predicted octanol–water partition coefficient (Wildman–Crippen LogP) is 1.13. The van der Waals surface area contributed by atoms with Crippen LogP contribution in [0.2, 0.25) is 0 Å². The van der Waals surface area contributed by atoms with E-state index in [1.54, 1.807) is 37.3 Å². The first-order chi connectivity index (χ1) is 10.1. The van der Waals surface area contributed by atoms with Gasteiger partial charge in [-0.25, -0.2) is 0 Å². The number of rotatable bonds is 5. The number of oxime groups is 1. The van der Waals surface area contributed by atoms with Crippen molar-refractivity contribution < 1.29 is 14.5 Å². The zero-order valence-electron chi connectivity index (χ0n) is 11.5. The number of carbonyl (C=O) groups excluding carboxylic acids is 1. The zero-order valence-corrected chi connectivity index (χ0v) is 11.5. The summed E-state index contributed by atoms with van der Waals surface area (Å²) in [6, 6.07) is 10.6. The van der Waals surface area contributed by atoms with Crippen LogP contribution in [0.5, 0.6) is 0 Å². The standard InChI is InChI=1S/C14H16N4O3/c1-9-7-11(18-21-9)8-16-14(19)12(13(15)17-20)10-5-3-2-4-6-10/h2-7,12,20H,8H2,1H3,(H2,15,17)(H,16,19). The summed E-state index contributed by atoms with van der Waals surface area (Å²) in [6.45, 7) is 1.97. The lowest BCUT2D eigenvalue weighted by Gasteiger charge is -2.15. The summed E-state index contributed by atoms with van der Waals surface area (Å²) in [6.07, 6.45) is 0. The van der Waals surface area contributed by atoms with Crippen molar-refractivity contribution in [1.82, 2.24) is 10.5 Å². The Bertz CT molecular complexity index is 637. The second-order valence-corrected chi connectivity index (χ2v) is 4.52. The molecule has 2 aromatic rings. The molecule has 1 aromatic carbocycles. The van der Waals surface area contributed by atoms with Crippen LogP contribution < -0.4 is 11.1 Å². The molecule has 7 nitrogen and oxygen atoms in total. The summed E-state index contributed by atoms with van der Waals surface area (Å²) < 4.78 is 4.92. The Balaban J connectivity index is 2.12. The van der Waals surface area contributed by atoms with Crippen LogP contribution in [0.3, 0.4) is 0 Å². The lowest BCUT2D eigenvalue weighted by Crippen LogP contribution is -2.37. The quantitative estimate of drug-likeness (QED) is 0.330. The van der Waals surface area contributed by atoms with Gasteiger partial charge in [-0.15, -0.1) is 0 Å². The Morgan fingerprint density at radius 3 is 2.76 bits per heavy atom. The molecule has 1 atom stereocenters. The smallest absolute Gasteiger partial charge is 0.235 e. The van der Waals surface area contributed by atoms with Crippen LogP contribution in [0.4, 0.5) is 0 Å². The van der Waals surface area contributed by atoms with Crippen molar-refractivity contribution in [3.8, 4) is 0 Å². The van der Waals surface area contributed by atoms with Gasteiger partial charge < -0.3 is 20.8 Å². The molecule has 0 saturated carbocycles. The van der Waals surface area contributed by atoms with Crippen molar-refractivity contribution in [3.05, 3.63) is 53.4 Å². The number of benzene rings is 1. The van der Waals surface area contributed by atoms with Crippen molar-refractivity contribution in [3.63, 3.8) is 0 Å². The molecule has 1 unspecified atom stereocenters. The van der Waals surface area contributed by atoms with Gasteiger partial charge in [0, 0.05) is 6.07 Å². The molecule has 1 heterocycles. The summed E-state index contributed by atoms with van der Waals surface area (Å²) in [7, 11) is 0. The van der Waals surface area contributed by atoms with Crippen LogP contribution >= 0.6 is 0 Å². The third kappa shape index (κ3) is 3.59. The van der Waals surface area contributed by atoms with Gasteiger partial charge in [0.15, 0.2) is 5.84 Å². The maximum absolute atomic E-state index is 12.3. The summed E-state index contributed by atoms with van der Waals surface area (Å²) in [5, 5.41) is 18.3. The monoisotopic (exact) mass is 288 g/mol. The Kier molecular flexibility index (Phi) is 4.55. The summed E-state index contributed by atoms with van der Waals surface area (Å²) >= 11 is 0. The van der Waals surface area contributed by atoms with E-state index in [0.29, 0.717) is 17.0 Å². The molecular formula is C14H16N4O3. The largest absolute Gasteiger partial charge is 0.409 e. The molecule has 1 aromatic heterocycles. The lowest BCUT2D eigenvalue weighted by molar-refractivity contribution is -0.121. The highest BCUT2D eigenvalue weighted by Gasteiger charge is 2.25. The van der Waals surface area contributed by atoms with Crippen molar-refractivity contribution in [2.75, 3.05) is 0 Å². The number of aryl methyl sites for hydroxylation is 1.